The first kappa shape index (κ1) is 12.1. The lowest BCUT2D eigenvalue weighted by Crippen LogP contribution is -2.38. The number of rotatable bonds is 2. The number of halogens is 3. The van der Waals surface area contributed by atoms with Gasteiger partial charge in [0.15, 0.2) is 11.9 Å². The molecule has 1 heterocycles. The Hall–Kier alpha value is -1.00. The zero-order valence-electron chi connectivity index (χ0n) is 8.81. The van der Waals surface area contributed by atoms with Gasteiger partial charge in [0.25, 0.3) is 0 Å². The standard InChI is InChI=1S/C10H13F3O2/c1-5(2)8(11)10(12,13)9-6(3)4-7(14)15-9/h6,9H,4H2,1-3H3/t6-,9-/m0/s1. The van der Waals surface area contributed by atoms with Gasteiger partial charge in [-0.1, -0.05) is 6.92 Å². The van der Waals surface area contributed by atoms with Gasteiger partial charge >= 0.3 is 11.9 Å². The predicted molar refractivity (Wildman–Crippen MR) is 48.1 cm³/mol. The molecule has 5 heteroatoms. The number of cyclic esters (lactones) is 1. The van der Waals surface area contributed by atoms with Crippen LogP contribution in [0.2, 0.25) is 0 Å². The highest BCUT2D eigenvalue weighted by Gasteiger charge is 2.53. The van der Waals surface area contributed by atoms with Gasteiger partial charge in [0.2, 0.25) is 0 Å². The highest BCUT2D eigenvalue weighted by Crippen LogP contribution is 2.40. The number of alkyl halides is 2. The average molecular weight is 222 g/mol. The zero-order valence-corrected chi connectivity index (χ0v) is 8.81. The Kier molecular flexibility index (Phi) is 3.11. The fraction of sp³-hybridized carbons (Fsp3) is 0.700. The Labute approximate surface area is 86.1 Å². The zero-order chi connectivity index (χ0) is 11.8. The monoisotopic (exact) mass is 222 g/mol. The van der Waals surface area contributed by atoms with E-state index in [9.17, 15) is 18.0 Å². The SMILES string of the molecule is CC(C)=C(F)C(F)(F)[C@H]1OC(=O)C[C@@H]1C. The highest BCUT2D eigenvalue weighted by molar-refractivity contribution is 5.72. The van der Waals surface area contributed by atoms with E-state index in [0.717, 1.165) is 0 Å². The van der Waals surface area contributed by atoms with Crippen LogP contribution in [0.3, 0.4) is 0 Å². The summed E-state index contributed by atoms with van der Waals surface area (Å²) in [5, 5.41) is 0. The normalized spacial score (nSPS) is 26.4. The van der Waals surface area contributed by atoms with E-state index in [0.29, 0.717) is 0 Å². The van der Waals surface area contributed by atoms with E-state index in [1.807, 2.05) is 0 Å². The topological polar surface area (TPSA) is 26.3 Å². The molecule has 1 saturated heterocycles. The van der Waals surface area contributed by atoms with Gasteiger partial charge in [-0.2, -0.15) is 8.78 Å². The molecule has 1 rings (SSSR count). The molecule has 2 atom stereocenters. The van der Waals surface area contributed by atoms with Crippen molar-refractivity contribution in [3.05, 3.63) is 11.4 Å². The first-order chi connectivity index (χ1) is 6.76. The smallest absolute Gasteiger partial charge is 0.334 e. The molecule has 15 heavy (non-hydrogen) atoms. The molecule has 0 aromatic rings. The molecule has 0 aromatic carbocycles. The molecule has 86 valence electrons. The Bertz CT molecular complexity index is 306. The van der Waals surface area contributed by atoms with Crippen molar-refractivity contribution in [3.63, 3.8) is 0 Å². The van der Waals surface area contributed by atoms with Crippen LogP contribution in [-0.2, 0) is 9.53 Å². The Morgan fingerprint density at radius 2 is 2.00 bits per heavy atom. The molecule has 2 nitrogen and oxygen atoms in total. The first-order valence-corrected chi connectivity index (χ1v) is 4.67. The Balaban J connectivity index is 2.96. The van der Waals surface area contributed by atoms with E-state index in [2.05, 4.69) is 4.74 Å². The largest absolute Gasteiger partial charge is 0.455 e. The maximum Gasteiger partial charge on any atom is 0.334 e. The van der Waals surface area contributed by atoms with Crippen molar-refractivity contribution < 1.29 is 22.7 Å². The number of hydrogen-bond acceptors (Lipinski definition) is 2. The van der Waals surface area contributed by atoms with Crippen LogP contribution >= 0.6 is 0 Å². The second-order valence-corrected chi connectivity index (χ2v) is 4.03. The van der Waals surface area contributed by atoms with Gasteiger partial charge in [0.1, 0.15) is 0 Å². The first-order valence-electron chi connectivity index (χ1n) is 4.67. The van der Waals surface area contributed by atoms with E-state index < -0.39 is 29.7 Å². The van der Waals surface area contributed by atoms with Crippen LogP contribution in [0.25, 0.3) is 0 Å². The number of carbonyl (C=O) groups is 1. The number of esters is 1. The second kappa shape index (κ2) is 3.87. The third-order valence-corrected chi connectivity index (χ3v) is 2.35. The maximum absolute atomic E-state index is 13.5. The second-order valence-electron chi connectivity index (χ2n) is 4.03. The number of hydrogen-bond donors (Lipinski definition) is 0. The predicted octanol–water partition coefficient (Wildman–Crippen LogP) is 2.84. The summed E-state index contributed by atoms with van der Waals surface area (Å²) < 4.78 is 44.6. The van der Waals surface area contributed by atoms with Crippen LogP contribution in [0, 0.1) is 5.92 Å². The summed E-state index contributed by atoms with van der Waals surface area (Å²) in [5.74, 6) is -6.59. The molecule has 1 aliphatic heterocycles. The minimum Gasteiger partial charge on any atom is -0.455 e. The van der Waals surface area contributed by atoms with E-state index in [1.54, 1.807) is 0 Å². The summed E-state index contributed by atoms with van der Waals surface area (Å²) in [6, 6.07) is 0. The maximum atomic E-state index is 13.5. The van der Waals surface area contributed by atoms with Gasteiger partial charge in [-0.25, -0.2) is 4.39 Å². The molecule has 0 spiro atoms. The van der Waals surface area contributed by atoms with Gasteiger partial charge < -0.3 is 4.74 Å². The molecular formula is C10H13F3O2. The number of allylic oxidation sites excluding steroid dienone is 1. The molecule has 1 aliphatic rings. The minimum atomic E-state index is -3.72. The van der Waals surface area contributed by atoms with Crippen molar-refractivity contribution in [2.45, 2.75) is 39.2 Å². The van der Waals surface area contributed by atoms with Crippen LogP contribution in [0.4, 0.5) is 13.2 Å². The van der Waals surface area contributed by atoms with E-state index >= 15 is 0 Å². The summed E-state index contributed by atoms with van der Waals surface area (Å²) in [6.07, 6.45) is -1.77. The Morgan fingerprint density at radius 3 is 2.33 bits per heavy atom. The van der Waals surface area contributed by atoms with Crippen LogP contribution in [0.15, 0.2) is 11.4 Å². The van der Waals surface area contributed by atoms with Crippen molar-refractivity contribution in [3.8, 4) is 0 Å². The van der Waals surface area contributed by atoms with Crippen molar-refractivity contribution in [2.24, 2.45) is 5.92 Å². The fourth-order valence-corrected chi connectivity index (χ4v) is 1.57. The van der Waals surface area contributed by atoms with Gasteiger partial charge in [-0.05, 0) is 19.4 Å². The van der Waals surface area contributed by atoms with Crippen molar-refractivity contribution >= 4 is 5.97 Å². The summed E-state index contributed by atoms with van der Waals surface area (Å²) in [7, 11) is 0. The van der Waals surface area contributed by atoms with Crippen LogP contribution in [0.5, 0.6) is 0 Å². The molecule has 0 N–H and O–H groups in total. The molecular weight excluding hydrogens is 209 g/mol. The van der Waals surface area contributed by atoms with Crippen LogP contribution in [0.1, 0.15) is 27.2 Å². The van der Waals surface area contributed by atoms with E-state index in [4.69, 9.17) is 0 Å². The number of ether oxygens (including phenoxy) is 1. The molecule has 0 amide bonds. The molecule has 0 saturated carbocycles. The molecule has 0 unspecified atom stereocenters. The summed E-state index contributed by atoms with van der Waals surface area (Å²) in [4.78, 5) is 10.8. The molecule has 0 aromatic heterocycles. The highest BCUT2D eigenvalue weighted by atomic mass is 19.3. The quantitative estimate of drug-likeness (QED) is 0.671. The Morgan fingerprint density at radius 1 is 1.47 bits per heavy atom. The molecule has 0 aliphatic carbocycles. The van der Waals surface area contributed by atoms with Crippen molar-refractivity contribution in [1.29, 1.82) is 0 Å². The summed E-state index contributed by atoms with van der Waals surface area (Å²) >= 11 is 0. The lowest BCUT2D eigenvalue weighted by molar-refractivity contribution is -0.158. The van der Waals surface area contributed by atoms with E-state index in [1.165, 1.54) is 20.8 Å². The third-order valence-electron chi connectivity index (χ3n) is 2.35. The summed E-state index contributed by atoms with van der Waals surface area (Å²) in [5.41, 5.74) is -0.102. The summed E-state index contributed by atoms with van der Waals surface area (Å²) in [6.45, 7) is 3.96. The van der Waals surface area contributed by atoms with Gasteiger partial charge in [-0.3, -0.25) is 4.79 Å². The molecule has 1 fully saturated rings. The van der Waals surface area contributed by atoms with Gasteiger partial charge in [-0.15, -0.1) is 0 Å². The third kappa shape index (κ3) is 2.16. The molecule has 0 bridgehead atoms. The van der Waals surface area contributed by atoms with Crippen LogP contribution in [-0.4, -0.2) is 18.0 Å². The fourth-order valence-electron chi connectivity index (χ4n) is 1.57. The minimum absolute atomic E-state index is 0.0870. The average Bonchev–Trinajstić information content (AvgIpc) is 2.44. The molecule has 0 radical (unpaired) electrons. The van der Waals surface area contributed by atoms with Gasteiger partial charge in [0.05, 0.1) is 6.42 Å². The lowest BCUT2D eigenvalue weighted by Gasteiger charge is -2.24. The van der Waals surface area contributed by atoms with Gasteiger partial charge in [0, 0.05) is 5.92 Å². The van der Waals surface area contributed by atoms with Crippen LogP contribution < -0.4 is 0 Å². The van der Waals surface area contributed by atoms with Crippen molar-refractivity contribution in [1.82, 2.24) is 0 Å². The van der Waals surface area contributed by atoms with Crippen molar-refractivity contribution in [2.75, 3.05) is 0 Å². The lowest BCUT2D eigenvalue weighted by atomic mass is 9.96. The van der Waals surface area contributed by atoms with E-state index in [-0.39, 0.29) is 12.0 Å². The number of carbonyl (C=O) groups excluding carboxylic acids is 1.